The van der Waals surface area contributed by atoms with E-state index in [1.54, 1.807) is 12.1 Å². The van der Waals surface area contributed by atoms with Crippen molar-refractivity contribution >= 4 is 0 Å². The third kappa shape index (κ3) is 6.51. The second-order valence-corrected chi connectivity index (χ2v) is 6.59. The molecule has 1 N–H and O–H groups in total. The van der Waals surface area contributed by atoms with Crippen molar-refractivity contribution in [3.63, 3.8) is 0 Å². The molecular formula is C17H26F3N. The van der Waals surface area contributed by atoms with Crippen LogP contribution in [0.2, 0.25) is 0 Å². The lowest BCUT2D eigenvalue weighted by Crippen LogP contribution is -2.32. The molecule has 0 fully saturated rings. The normalized spacial score (nSPS) is 14.2. The van der Waals surface area contributed by atoms with E-state index in [4.69, 9.17) is 0 Å². The van der Waals surface area contributed by atoms with Crippen molar-refractivity contribution in [1.82, 2.24) is 5.32 Å². The van der Waals surface area contributed by atoms with E-state index < -0.39 is 11.7 Å². The lowest BCUT2D eigenvalue weighted by atomic mass is 9.80. The Hall–Kier alpha value is -1.03. The molecular weight excluding hydrogens is 275 g/mol. The Kier molecular flexibility index (Phi) is 6.26. The summed E-state index contributed by atoms with van der Waals surface area (Å²) in [5, 5.41) is 3.45. The summed E-state index contributed by atoms with van der Waals surface area (Å²) in [6.07, 6.45) is -1.38. The Morgan fingerprint density at radius 1 is 1.10 bits per heavy atom. The smallest absolute Gasteiger partial charge is 0.314 e. The van der Waals surface area contributed by atoms with Gasteiger partial charge in [0.05, 0.1) is 5.56 Å². The molecule has 0 saturated heterocycles. The van der Waals surface area contributed by atoms with Gasteiger partial charge in [-0.2, -0.15) is 13.2 Å². The van der Waals surface area contributed by atoms with Gasteiger partial charge in [-0.15, -0.1) is 0 Å². The zero-order chi connectivity index (χ0) is 16.1. The highest BCUT2D eigenvalue weighted by Crippen LogP contribution is 2.31. The predicted molar refractivity (Wildman–Crippen MR) is 81.3 cm³/mol. The number of hydrogen-bond acceptors (Lipinski definition) is 1. The van der Waals surface area contributed by atoms with Gasteiger partial charge in [-0.1, -0.05) is 32.9 Å². The summed E-state index contributed by atoms with van der Waals surface area (Å²) in [5.74, 6) is 0. The van der Waals surface area contributed by atoms with Crippen LogP contribution in [0.15, 0.2) is 24.3 Å². The molecule has 1 aromatic rings. The fourth-order valence-corrected chi connectivity index (χ4v) is 2.73. The number of alkyl halides is 3. The summed E-state index contributed by atoms with van der Waals surface area (Å²) in [5.41, 5.74) is 0.428. The minimum atomic E-state index is -4.26. The molecule has 1 nitrogen and oxygen atoms in total. The SMILES string of the molecule is CCCNC(C)CC(C)(C)Cc1ccc(C(F)(F)F)cc1. The molecule has 1 aromatic carbocycles. The maximum atomic E-state index is 12.5. The first-order chi connectivity index (χ1) is 9.64. The van der Waals surface area contributed by atoms with Crippen LogP contribution >= 0.6 is 0 Å². The molecule has 1 unspecified atom stereocenters. The number of halogens is 3. The van der Waals surface area contributed by atoms with Crippen LogP contribution < -0.4 is 5.32 Å². The van der Waals surface area contributed by atoms with E-state index in [9.17, 15) is 13.2 Å². The van der Waals surface area contributed by atoms with Crippen molar-refractivity contribution in [3.8, 4) is 0 Å². The van der Waals surface area contributed by atoms with Gasteiger partial charge in [0, 0.05) is 6.04 Å². The topological polar surface area (TPSA) is 12.0 Å². The summed E-state index contributed by atoms with van der Waals surface area (Å²) < 4.78 is 37.6. The molecule has 0 saturated carbocycles. The third-order valence-corrected chi connectivity index (χ3v) is 3.57. The van der Waals surface area contributed by atoms with Crippen LogP contribution in [0.1, 0.15) is 51.7 Å². The molecule has 4 heteroatoms. The van der Waals surface area contributed by atoms with Gasteiger partial charge in [0.1, 0.15) is 0 Å². The highest BCUT2D eigenvalue weighted by molar-refractivity contribution is 5.25. The molecule has 0 aromatic heterocycles. The average molecular weight is 301 g/mol. The van der Waals surface area contributed by atoms with Gasteiger partial charge in [0.2, 0.25) is 0 Å². The largest absolute Gasteiger partial charge is 0.416 e. The summed E-state index contributed by atoms with van der Waals surface area (Å²) in [7, 11) is 0. The maximum Gasteiger partial charge on any atom is 0.416 e. The monoisotopic (exact) mass is 301 g/mol. The van der Waals surface area contributed by atoms with Gasteiger partial charge in [0.15, 0.2) is 0 Å². The van der Waals surface area contributed by atoms with Crippen molar-refractivity contribution in [3.05, 3.63) is 35.4 Å². The second kappa shape index (κ2) is 7.30. The summed E-state index contributed by atoms with van der Waals surface area (Å²) in [6.45, 7) is 9.61. The minimum absolute atomic E-state index is 0.0555. The molecule has 1 rings (SSSR count). The van der Waals surface area contributed by atoms with Gasteiger partial charge in [0.25, 0.3) is 0 Å². The highest BCUT2D eigenvalue weighted by Gasteiger charge is 2.30. The van der Waals surface area contributed by atoms with E-state index in [1.165, 1.54) is 12.1 Å². The summed E-state index contributed by atoms with van der Waals surface area (Å²) >= 11 is 0. The van der Waals surface area contributed by atoms with E-state index in [0.29, 0.717) is 6.04 Å². The Bertz CT molecular complexity index is 421. The average Bonchev–Trinajstić information content (AvgIpc) is 2.34. The number of hydrogen-bond donors (Lipinski definition) is 1. The molecule has 0 aliphatic carbocycles. The van der Waals surface area contributed by atoms with Crippen LogP contribution in [-0.4, -0.2) is 12.6 Å². The van der Waals surface area contributed by atoms with Crippen molar-refractivity contribution in [2.24, 2.45) is 5.41 Å². The number of nitrogens with one attached hydrogen (secondary N) is 1. The maximum absolute atomic E-state index is 12.5. The van der Waals surface area contributed by atoms with Crippen molar-refractivity contribution in [2.75, 3.05) is 6.54 Å². The molecule has 0 spiro atoms. The van der Waals surface area contributed by atoms with E-state index in [0.717, 1.165) is 31.4 Å². The van der Waals surface area contributed by atoms with Crippen molar-refractivity contribution in [1.29, 1.82) is 0 Å². The van der Waals surface area contributed by atoms with Gasteiger partial charge >= 0.3 is 6.18 Å². The number of benzene rings is 1. The van der Waals surface area contributed by atoms with Crippen LogP contribution in [0.4, 0.5) is 13.2 Å². The van der Waals surface area contributed by atoms with E-state index >= 15 is 0 Å². The molecule has 0 heterocycles. The number of rotatable bonds is 7. The van der Waals surface area contributed by atoms with Gasteiger partial charge in [-0.25, -0.2) is 0 Å². The zero-order valence-electron chi connectivity index (χ0n) is 13.3. The Morgan fingerprint density at radius 3 is 2.14 bits per heavy atom. The summed E-state index contributed by atoms with van der Waals surface area (Å²) in [4.78, 5) is 0. The van der Waals surface area contributed by atoms with E-state index in [2.05, 4.69) is 33.0 Å². The van der Waals surface area contributed by atoms with Crippen molar-refractivity contribution in [2.45, 2.75) is 59.2 Å². The molecule has 0 amide bonds. The quantitative estimate of drug-likeness (QED) is 0.743. The second-order valence-electron chi connectivity index (χ2n) is 6.59. The standard InChI is InChI=1S/C17H26F3N/c1-5-10-21-13(2)11-16(3,4)12-14-6-8-15(9-7-14)17(18,19)20/h6-9,13,21H,5,10-12H2,1-4H3. The predicted octanol–water partition coefficient (Wildman–Crippen LogP) is 5.05. The first-order valence-corrected chi connectivity index (χ1v) is 7.53. The zero-order valence-corrected chi connectivity index (χ0v) is 13.3. The van der Waals surface area contributed by atoms with Crippen molar-refractivity contribution < 1.29 is 13.2 Å². The highest BCUT2D eigenvalue weighted by atomic mass is 19.4. The van der Waals surface area contributed by atoms with E-state index in [1.807, 2.05) is 0 Å². The van der Waals surface area contributed by atoms with Crippen LogP contribution in [0, 0.1) is 5.41 Å². The first-order valence-electron chi connectivity index (χ1n) is 7.53. The fraction of sp³-hybridized carbons (Fsp3) is 0.647. The van der Waals surface area contributed by atoms with Crippen LogP contribution in [0.3, 0.4) is 0 Å². The molecule has 0 radical (unpaired) electrons. The van der Waals surface area contributed by atoms with Gasteiger partial charge < -0.3 is 5.32 Å². The van der Waals surface area contributed by atoms with Crippen LogP contribution in [0.25, 0.3) is 0 Å². The lowest BCUT2D eigenvalue weighted by Gasteiger charge is -2.29. The molecule has 1 atom stereocenters. The molecule has 0 bridgehead atoms. The van der Waals surface area contributed by atoms with Gasteiger partial charge in [-0.3, -0.25) is 0 Å². The Morgan fingerprint density at radius 2 is 1.67 bits per heavy atom. The summed E-state index contributed by atoms with van der Waals surface area (Å²) in [6, 6.07) is 5.94. The van der Waals surface area contributed by atoms with Crippen LogP contribution in [-0.2, 0) is 12.6 Å². The minimum Gasteiger partial charge on any atom is -0.314 e. The third-order valence-electron chi connectivity index (χ3n) is 3.57. The lowest BCUT2D eigenvalue weighted by molar-refractivity contribution is -0.137. The molecule has 0 aliphatic rings. The van der Waals surface area contributed by atoms with E-state index in [-0.39, 0.29) is 5.41 Å². The fourth-order valence-electron chi connectivity index (χ4n) is 2.73. The van der Waals surface area contributed by atoms with Crippen LogP contribution in [0.5, 0.6) is 0 Å². The van der Waals surface area contributed by atoms with Gasteiger partial charge in [-0.05, 0) is 55.8 Å². The molecule has 120 valence electrons. The Labute approximate surface area is 125 Å². The molecule has 0 aliphatic heterocycles. The molecule has 21 heavy (non-hydrogen) atoms. The Balaban J connectivity index is 2.62. The first kappa shape index (κ1) is 18.0.